The minimum Gasteiger partial charge on any atom is -0.307 e. The van der Waals surface area contributed by atoms with E-state index >= 15 is 0 Å². The number of fused-ring (bicyclic) bond motifs is 1. The van der Waals surface area contributed by atoms with Crippen LogP contribution >= 0.6 is 0 Å². The van der Waals surface area contributed by atoms with Crippen LogP contribution in [0.1, 0.15) is 76.0 Å². The van der Waals surface area contributed by atoms with Gasteiger partial charge in [0.1, 0.15) is 0 Å². The zero-order chi connectivity index (χ0) is 13.5. The molecule has 0 bridgehead atoms. The Labute approximate surface area is 118 Å². The molecule has 106 valence electrons. The van der Waals surface area contributed by atoms with Gasteiger partial charge < -0.3 is 5.32 Å². The van der Waals surface area contributed by atoms with Crippen molar-refractivity contribution in [3.05, 3.63) is 35.4 Å². The molecule has 1 heteroatoms. The van der Waals surface area contributed by atoms with Crippen LogP contribution in [0, 0.1) is 0 Å². The Morgan fingerprint density at radius 3 is 2.79 bits per heavy atom. The zero-order valence-corrected chi connectivity index (χ0v) is 12.6. The van der Waals surface area contributed by atoms with Gasteiger partial charge in [0.05, 0.1) is 0 Å². The molecular formula is C18H29N. The van der Waals surface area contributed by atoms with Crippen molar-refractivity contribution in [1.82, 2.24) is 5.32 Å². The van der Waals surface area contributed by atoms with E-state index in [0.717, 1.165) is 0 Å². The maximum absolute atomic E-state index is 3.95. The third kappa shape index (κ3) is 4.07. The summed E-state index contributed by atoms with van der Waals surface area (Å²) < 4.78 is 0. The van der Waals surface area contributed by atoms with Crippen LogP contribution < -0.4 is 5.32 Å². The molecular weight excluding hydrogens is 230 g/mol. The lowest BCUT2D eigenvalue weighted by Crippen LogP contribution is -2.34. The molecule has 2 rings (SSSR count). The lowest BCUT2D eigenvalue weighted by atomic mass is 9.87. The lowest BCUT2D eigenvalue weighted by Gasteiger charge is -2.30. The molecule has 0 fully saturated rings. The van der Waals surface area contributed by atoms with Gasteiger partial charge in [-0.15, -0.1) is 0 Å². The average molecular weight is 259 g/mol. The van der Waals surface area contributed by atoms with Crippen molar-refractivity contribution in [2.45, 2.75) is 77.3 Å². The van der Waals surface area contributed by atoms with Crippen LogP contribution in [0.15, 0.2) is 24.3 Å². The van der Waals surface area contributed by atoms with E-state index in [1.54, 1.807) is 11.1 Å². The minimum atomic E-state index is 0.596. The predicted octanol–water partition coefficient (Wildman–Crippen LogP) is 5.01. The molecule has 2 unspecified atom stereocenters. The van der Waals surface area contributed by atoms with Crippen LogP contribution in [0.4, 0.5) is 0 Å². The quantitative estimate of drug-likeness (QED) is 0.725. The Kier molecular flexibility index (Phi) is 5.91. The molecule has 1 aromatic carbocycles. The highest BCUT2D eigenvalue weighted by molar-refractivity contribution is 5.32. The van der Waals surface area contributed by atoms with E-state index in [4.69, 9.17) is 0 Å². The summed E-state index contributed by atoms with van der Waals surface area (Å²) in [6.07, 6.45) is 10.5. The van der Waals surface area contributed by atoms with Gasteiger partial charge in [-0.1, -0.05) is 57.4 Å². The van der Waals surface area contributed by atoms with Crippen LogP contribution in [0.2, 0.25) is 0 Å². The second kappa shape index (κ2) is 7.69. The molecule has 0 saturated carbocycles. The molecule has 1 N–H and O–H groups in total. The lowest BCUT2D eigenvalue weighted by molar-refractivity contribution is 0.356. The van der Waals surface area contributed by atoms with Gasteiger partial charge >= 0.3 is 0 Å². The fourth-order valence-electron chi connectivity index (χ4n) is 3.32. The van der Waals surface area contributed by atoms with Gasteiger partial charge in [0.2, 0.25) is 0 Å². The summed E-state index contributed by atoms with van der Waals surface area (Å²) in [5, 5.41) is 3.95. The number of unbranched alkanes of at least 4 members (excludes halogenated alkanes) is 1. The van der Waals surface area contributed by atoms with E-state index in [9.17, 15) is 0 Å². The van der Waals surface area contributed by atoms with Crippen LogP contribution in [-0.4, -0.2) is 6.04 Å². The second-order valence-corrected chi connectivity index (χ2v) is 5.94. The fraction of sp³-hybridized carbons (Fsp3) is 0.667. The highest BCUT2D eigenvalue weighted by Gasteiger charge is 2.21. The van der Waals surface area contributed by atoms with Crippen molar-refractivity contribution >= 4 is 0 Å². The molecule has 19 heavy (non-hydrogen) atoms. The highest BCUT2D eigenvalue weighted by Crippen LogP contribution is 2.30. The van der Waals surface area contributed by atoms with Crippen LogP contribution in [0.25, 0.3) is 0 Å². The number of benzene rings is 1. The summed E-state index contributed by atoms with van der Waals surface area (Å²) >= 11 is 0. The van der Waals surface area contributed by atoms with Crippen molar-refractivity contribution in [3.8, 4) is 0 Å². The van der Waals surface area contributed by atoms with Crippen molar-refractivity contribution in [3.63, 3.8) is 0 Å². The Hall–Kier alpha value is -0.820. The SMILES string of the molecule is CCCCC(CCC)NC1CCCc2ccccc21. The van der Waals surface area contributed by atoms with Crippen LogP contribution in [0.3, 0.4) is 0 Å². The number of nitrogens with one attached hydrogen (secondary N) is 1. The van der Waals surface area contributed by atoms with Gasteiger partial charge in [-0.05, 0) is 43.2 Å². The monoisotopic (exact) mass is 259 g/mol. The van der Waals surface area contributed by atoms with Gasteiger partial charge in [0.15, 0.2) is 0 Å². The largest absolute Gasteiger partial charge is 0.307 e. The van der Waals surface area contributed by atoms with E-state index in [0.29, 0.717) is 12.1 Å². The fourth-order valence-corrected chi connectivity index (χ4v) is 3.32. The van der Waals surface area contributed by atoms with Crippen molar-refractivity contribution in [2.75, 3.05) is 0 Å². The summed E-state index contributed by atoms with van der Waals surface area (Å²) in [5.41, 5.74) is 3.13. The maximum atomic E-state index is 3.95. The van der Waals surface area contributed by atoms with Crippen molar-refractivity contribution in [1.29, 1.82) is 0 Å². The first-order valence-corrected chi connectivity index (χ1v) is 8.19. The normalized spacial score (nSPS) is 20.0. The molecule has 0 aliphatic heterocycles. The molecule has 0 saturated heterocycles. The molecule has 0 spiro atoms. The summed E-state index contributed by atoms with van der Waals surface area (Å²) in [6.45, 7) is 4.59. The average Bonchev–Trinajstić information content (AvgIpc) is 2.45. The number of aryl methyl sites for hydroxylation is 1. The molecule has 2 atom stereocenters. The summed E-state index contributed by atoms with van der Waals surface area (Å²) in [4.78, 5) is 0. The maximum Gasteiger partial charge on any atom is 0.0325 e. The third-order valence-corrected chi connectivity index (χ3v) is 4.35. The first kappa shape index (κ1) is 14.6. The van der Waals surface area contributed by atoms with E-state index in [1.165, 1.54) is 51.4 Å². The van der Waals surface area contributed by atoms with E-state index in [2.05, 4.69) is 43.4 Å². The standard InChI is InChI=1S/C18H29N/c1-3-5-12-16(9-4-2)19-18-14-8-11-15-10-6-7-13-17(15)18/h6-7,10,13,16,18-19H,3-5,8-9,11-12,14H2,1-2H3. The molecule has 1 nitrogen and oxygen atoms in total. The van der Waals surface area contributed by atoms with Gasteiger partial charge in [-0.2, -0.15) is 0 Å². The molecule has 0 aromatic heterocycles. The molecule has 1 aromatic rings. The van der Waals surface area contributed by atoms with E-state index in [-0.39, 0.29) is 0 Å². The topological polar surface area (TPSA) is 12.0 Å². The van der Waals surface area contributed by atoms with E-state index in [1.807, 2.05) is 0 Å². The van der Waals surface area contributed by atoms with Gasteiger partial charge in [-0.25, -0.2) is 0 Å². The molecule has 0 heterocycles. The van der Waals surface area contributed by atoms with Crippen molar-refractivity contribution < 1.29 is 0 Å². The number of hydrogen-bond donors (Lipinski definition) is 1. The van der Waals surface area contributed by atoms with E-state index < -0.39 is 0 Å². The minimum absolute atomic E-state index is 0.596. The first-order chi connectivity index (χ1) is 9.35. The third-order valence-electron chi connectivity index (χ3n) is 4.35. The molecule has 1 aliphatic carbocycles. The summed E-state index contributed by atoms with van der Waals surface area (Å²) in [7, 11) is 0. The van der Waals surface area contributed by atoms with Crippen LogP contribution in [-0.2, 0) is 6.42 Å². The Morgan fingerprint density at radius 2 is 2.00 bits per heavy atom. The Bertz CT molecular complexity index is 372. The number of hydrogen-bond acceptors (Lipinski definition) is 1. The Balaban J connectivity index is 2.01. The second-order valence-electron chi connectivity index (χ2n) is 5.94. The molecule has 0 amide bonds. The van der Waals surface area contributed by atoms with Gasteiger partial charge in [0.25, 0.3) is 0 Å². The molecule has 1 aliphatic rings. The number of rotatable bonds is 7. The predicted molar refractivity (Wildman–Crippen MR) is 83.5 cm³/mol. The van der Waals surface area contributed by atoms with Crippen LogP contribution in [0.5, 0.6) is 0 Å². The highest BCUT2D eigenvalue weighted by atomic mass is 15.0. The van der Waals surface area contributed by atoms with Gasteiger partial charge in [0, 0.05) is 12.1 Å². The smallest absolute Gasteiger partial charge is 0.0325 e. The van der Waals surface area contributed by atoms with Crippen molar-refractivity contribution in [2.24, 2.45) is 0 Å². The molecule has 0 radical (unpaired) electrons. The first-order valence-electron chi connectivity index (χ1n) is 8.19. The zero-order valence-electron chi connectivity index (χ0n) is 12.6. The Morgan fingerprint density at radius 1 is 1.16 bits per heavy atom. The summed E-state index contributed by atoms with van der Waals surface area (Å²) in [6, 6.07) is 10.3. The summed E-state index contributed by atoms with van der Waals surface area (Å²) in [5.74, 6) is 0. The van der Waals surface area contributed by atoms with Gasteiger partial charge in [-0.3, -0.25) is 0 Å².